The molecule has 2 aliphatic rings. The summed E-state index contributed by atoms with van der Waals surface area (Å²) in [4.78, 5) is 27.1. The second-order valence-electron chi connectivity index (χ2n) is 9.71. The zero-order chi connectivity index (χ0) is 22.9. The van der Waals surface area contributed by atoms with Crippen molar-refractivity contribution in [3.8, 4) is 11.5 Å². The fraction of sp³-hybridized carbons (Fsp3) is 0.440. The third-order valence-corrected chi connectivity index (χ3v) is 6.66. The van der Waals surface area contributed by atoms with Crippen molar-refractivity contribution >= 4 is 35.0 Å². The smallest absolute Gasteiger partial charge is 0.238 e. The van der Waals surface area contributed by atoms with Crippen LogP contribution in [0, 0.1) is 11.3 Å². The third-order valence-electron chi connectivity index (χ3n) is 5.45. The molecular weight excluding hydrogens is 424 g/mol. The number of rotatable bonds is 6. The van der Waals surface area contributed by atoms with Crippen molar-refractivity contribution in [1.82, 2.24) is 0 Å². The molecule has 32 heavy (non-hydrogen) atoms. The highest BCUT2D eigenvalue weighted by Gasteiger charge is 2.35. The van der Waals surface area contributed by atoms with E-state index < -0.39 is 0 Å². The highest BCUT2D eigenvalue weighted by atomic mass is 32.2. The second kappa shape index (κ2) is 9.06. The first-order valence-corrected chi connectivity index (χ1v) is 12.0. The summed E-state index contributed by atoms with van der Waals surface area (Å²) < 4.78 is 10.9. The van der Waals surface area contributed by atoms with Crippen LogP contribution < -0.4 is 19.7 Å². The van der Waals surface area contributed by atoms with Gasteiger partial charge in [0.1, 0.15) is 5.37 Å². The number of carbonyl (C=O) groups is 2. The molecule has 6 nitrogen and oxygen atoms in total. The van der Waals surface area contributed by atoms with Crippen LogP contribution >= 0.6 is 11.8 Å². The Morgan fingerprint density at radius 2 is 1.97 bits per heavy atom. The summed E-state index contributed by atoms with van der Waals surface area (Å²) in [5.74, 6) is 2.11. The SMILES string of the molecule is C[C@@H](CC(=O)Nc1cccc([C@H]2SCC(=O)N2c2ccc3c(c2)OCO3)c1)CC(C)(C)C. The maximum absolute atomic E-state index is 12.7. The van der Waals surface area contributed by atoms with Crippen molar-refractivity contribution in [2.45, 2.75) is 45.9 Å². The molecule has 2 aliphatic heterocycles. The highest BCUT2D eigenvalue weighted by Crippen LogP contribution is 2.45. The Labute approximate surface area is 193 Å². The lowest BCUT2D eigenvalue weighted by atomic mass is 9.84. The van der Waals surface area contributed by atoms with Crippen LogP contribution in [0.1, 0.15) is 51.5 Å². The van der Waals surface area contributed by atoms with Crippen LogP contribution in [0.2, 0.25) is 0 Å². The summed E-state index contributed by atoms with van der Waals surface area (Å²) in [7, 11) is 0. The molecule has 0 unspecified atom stereocenters. The van der Waals surface area contributed by atoms with E-state index in [9.17, 15) is 9.59 Å². The average molecular weight is 455 g/mol. The van der Waals surface area contributed by atoms with Gasteiger partial charge in [-0.3, -0.25) is 14.5 Å². The number of fused-ring (bicyclic) bond motifs is 1. The minimum Gasteiger partial charge on any atom is -0.454 e. The molecule has 0 spiro atoms. The van der Waals surface area contributed by atoms with Crippen molar-refractivity contribution in [3.63, 3.8) is 0 Å². The van der Waals surface area contributed by atoms with E-state index in [1.807, 2.05) is 42.5 Å². The van der Waals surface area contributed by atoms with Crippen molar-refractivity contribution < 1.29 is 19.1 Å². The van der Waals surface area contributed by atoms with Gasteiger partial charge in [-0.05, 0) is 47.6 Å². The standard InChI is InChI=1S/C25H30N2O4S/c1-16(13-25(2,3)4)10-22(28)26-18-7-5-6-17(11-18)24-27(23(29)14-32-24)19-8-9-20-21(12-19)31-15-30-20/h5-9,11-12,16,24H,10,13-15H2,1-4H3,(H,26,28)/t16-,24+/m0/s1. The first-order chi connectivity index (χ1) is 15.2. The number of hydrogen-bond acceptors (Lipinski definition) is 5. The first kappa shape index (κ1) is 22.5. The van der Waals surface area contributed by atoms with Crippen LogP contribution in [0.15, 0.2) is 42.5 Å². The molecule has 1 fully saturated rings. The molecule has 170 valence electrons. The lowest BCUT2D eigenvalue weighted by Crippen LogP contribution is -2.27. The fourth-order valence-electron chi connectivity index (χ4n) is 4.40. The summed E-state index contributed by atoms with van der Waals surface area (Å²) in [6.45, 7) is 8.89. The molecular formula is C25H30N2O4S. The van der Waals surface area contributed by atoms with Gasteiger partial charge in [0.15, 0.2) is 11.5 Å². The van der Waals surface area contributed by atoms with Crippen LogP contribution in [0.5, 0.6) is 11.5 Å². The van der Waals surface area contributed by atoms with Gasteiger partial charge in [-0.2, -0.15) is 0 Å². The van der Waals surface area contributed by atoms with Gasteiger partial charge in [-0.1, -0.05) is 39.8 Å². The van der Waals surface area contributed by atoms with E-state index in [1.54, 1.807) is 16.7 Å². The van der Waals surface area contributed by atoms with Crippen LogP contribution in [-0.2, 0) is 9.59 Å². The van der Waals surface area contributed by atoms with Crippen molar-refractivity contribution in [2.24, 2.45) is 11.3 Å². The monoisotopic (exact) mass is 454 g/mol. The number of hydrogen-bond donors (Lipinski definition) is 1. The Balaban J connectivity index is 1.48. The van der Waals surface area contributed by atoms with Crippen LogP contribution in [0.25, 0.3) is 0 Å². The van der Waals surface area contributed by atoms with Gasteiger partial charge in [-0.25, -0.2) is 0 Å². The molecule has 0 radical (unpaired) electrons. The largest absolute Gasteiger partial charge is 0.454 e. The average Bonchev–Trinajstić information content (AvgIpc) is 3.32. The number of thioether (sulfide) groups is 1. The van der Waals surface area contributed by atoms with E-state index in [-0.39, 0.29) is 29.4 Å². The quantitative estimate of drug-likeness (QED) is 0.616. The molecule has 0 bridgehead atoms. The van der Waals surface area contributed by atoms with E-state index in [0.717, 1.165) is 23.4 Å². The summed E-state index contributed by atoms with van der Waals surface area (Å²) in [5.41, 5.74) is 2.70. The number of carbonyl (C=O) groups excluding carboxylic acids is 2. The maximum atomic E-state index is 12.7. The molecule has 4 rings (SSSR count). The molecule has 2 heterocycles. The zero-order valence-corrected chi connectivity index (χ0v) is 19.8. The van der Waals surface area contributed by atoms with Crippen LogP contribution in [-0.4, -0.2) is 24.4 Å². The van der Waals surface area contributed by atoms with Crippen LogP contribution in [0.4, 0.5) is 11.4 Å². The molecule has 0 saturated carbocycles. The fourth-order valence-corrected chi connectivity index (χ4v) is 5.57. The lowest BCUT2D eigenvalue weighted by molar-refractivity contribution is -0.117. The molecule has 0 aliphatic carbocycles. The Kier molecular flexibility index (Phi) is 6.38. The number of nitrogens with one attached hydrogen (secondary N) is 1. The number of anilines is 2. The molecule has 2 aromatic carbocycles. The first-order valence-electron chi connectivity index (χ1n) is 10.9. The summed E-state index contributed by atoms with van der Waals surface area (Å²) in [6.07, 6.45) is 1.48. The Morgan fingerprint density at radius 3 is 2.75 bits per heavy atom. The molecule has 2 aromatic rings. The van der Waals surface area contributed by atoms with E-state index in [4.69, 9.17) is 9.47 Å². The minimum absolute atomic E-state index is 0.0154. The van der Waals surface area contributed by atoms with Gasteiger partial charge in [-0.15, -0.1) is 11.8 Å². The predicted octanol–water partition coefficient (Wildman–Crippen LogP) is 5.59. The normalized spacial score (nSPS) is 18.7. The van der Waals surface area contributed by atoms with Gasteiger partial charge in [0, 0.05) is 23.9 Å². The lowest BCUT2D eigenvalue weighted by Gasteiger charge is -2.25. The summed E-state index contributed by atoms with van der Waals surface area (Å²) >= 11 is 1.58. The van der Waals surface area contributed by atoms with Gasteiger partial charge in [0.05, 0.1) is 5.75 Å². The number of amides is 2. The van der Waals surface area contributed by atoms with E-state index in [0.29, 0.717) is 29.6 Å². The Hall–Kier alpha value is -2.67. The Morgan fingerprint density at radius 1 is 1.19 bits per heavy atom. The Bertz CT molecular complexity index is 1020. The summed E-state index contributed by atoms with van der Waals surface area (Å²) in [5, 5.41) is 2.87. The van der Waals surface area contributed by atoms with E-state index >= 15 is 0 Å². The number of ether oxygens (including phenoxy) is 2. The van der Waals surface area contributed by atoms with Gasteiger partial charge < -0.3 is 14.8 Å². The maximum Gasteiger partial charge on any atom is 0.238 e. The van der Waals surface area contributed by atoms with Gasteiger partial charge in [0.2, 0.25) is 18.6 Å². The molecule has 1 saturated heterocycles. The van der Waals surface area contributed by atoms with Crippen LogP contribution in [0.3, 0.4) is 0 Å². The molecule has 0 aromatic heterocycles. The highest BCUT2D eigenvalue weighted by molar-refractivity contribution is 8.00. The van der Waals surface area contributed by atoms with Gasteiger partial charge in [0.25, 0.3) is 0 Å². The minimum atomic E-state index is -0.167. The molecule has 2 amide bonds. The van der Waals surface area contributed by atoms with E-state index in [2.05, 4.69) is 33.0 Å². The van der Waals surface area contributed by atoms with Crippen molar-refractivity contribution in [1.29, 1.82) is 0 Å². The number of nitrogens with zero attached hydrogens (tertiary/aromatic N) is 1. The topological polar surface area (TPSA) is 67.9 Å². The summed E-state index contributed by atoms with van der Waals surface area (Å²) in [6, 6.07) is 13.3. The molecule has 7 heteroatoms. The third kappa shape index (κ3) is 5.21. The van der Waals surface area contributed by atoms with E-state index in [1.165, 1.54) is 0 Å². The molecule has 1 N–H and O–H groups in total. The second-order valence-corrected chi connectivity index (χ2v) is 10.8. The molecule has 2 atom stereocenters. The number of benzene rings is 2. The predicted molar refractivity (Wildman–Crippen MR) is 128 cm³/mol. The van der Waals surface area contributed by atoms with Crippen molar-refractivity contribution in [2.75, 3.05) is 22.8 Å². The van der Waals surface area contributed by atoms with Gasteiger partial charge >= 0.3 is 0 Å². The van der Waals surface area contributed by atoms with Crippen molar-refractivity contribution in [3.05, 3.63) is 48.0 Å². The zero-order valence-electron chi connectivity index (χ0n) is 19.0.